The molecular weight excluding hydrogens is 299 g/mol. The van der Waals surface area contributed by atoms with Gasteiger partial charge in [-0.2, -0.15) is 0 Å². The van der Waals surface area contributed by atoms with Gasteiger partial charge in [-0.15, -0.1) is 10.2 Å². The third-order valence-corrected chi connectivity index (χ3v) is 4.52. The average Bonchev–Trinajstić information content (AvgIpc) is 3.10. The third-order valence-electron chi connectivity index (χ3n) is 4.06. The average molecular weight is 315 g/mol. The molecule has 2 fully saturated rings. The van der Waals surface area contributed by atoms with E-state index in [0.717, 1.165) is 32.6 Å². The molecule has 20 heavy (non-hydrogen) atoms. The molecule has 1 amide bonds. The molecule has 5 nitrogen and oxygen atoms in total. The van der Waals surface area contributed by atoms with Crippen molar-refractivity contribution in [2.75, 3.05) is 26.2 Å². The molecule has 1 unspecified atom stereocenters. The van der Waals surface area contributed by atoms with Crippen molar-refractivity contribution in [2.45, 2.75) is 25.3 Å². The van der Waals surface area contributed by atoms with Crippen molar-refractivity contribution in [3.63, 3.8) is 0 Å². The second-order valence-electron chi connectivity index (χ2n) is 5.31. The number of likely N-dealkylation sites (tertiary alicyclic amines) is 2. The lowest BCUT2D eigenvalue weighted by atomic mass is 10.2. The molecule has 0 aliphatic carbocycles. The van der Waals surface area contributed by atoms with Gasteiger partial charge >= 0.3 is 0 Å². The number of carbonyl (C=O) groups is 1. The molecular formula is C13H16Cl2N4O. The van der Waals surface area contributed by atoms with Gasteiger partial charge in [-0.25, -0.2) is 0 Å². The van der Waals surface area contributed by atoms with E-state index < -0.39 is 0 Å². The molecule has 0 saturated carbocycles. The van der Waals surface area contributed by atoms with Gasteiger partial charge < -0.3 is 4.90 Å². The van der Waals surface area contributed by atoms with E-state index in [4.69, 9.17) is 23.2 Å². The zero-order valence-electron chi connectivity index (χ0n) is 11.1. The van der Waals surface area contributed by atoms with Crippen LogP contribution < -0.4 is 0 Å². The second-order valence-corrected chi connectivity index (χ2v) is 6.05. The van der Waals surface area contributed by atoms with E-state index in [1.807, 2.05) is 4.90 Å². The van der Waals surface area contributed by atoms with Crippen molar-refractivity contribution in [1.29, 1.82) is 0 Å². The van der Waals surface area contributed by atoms with E-state index in [1.165, 1.54) is 18.9 Å². The summed E-state index contributed by atoms with van der Waals surface area (Å²) in [5, 5.41) is 7.63. The molecule has 108 valence electrons. The maximum atomic E-state index is 12.5. The summed E-state index contributed by atoms with van der Waals surface area (Å²) in [7, 11) is 0. The first kappa shape index (κ1) is 14.0. The van der Waals surface area contributed by atoms with Crippen molar-refractivity contribution in [3.8, 4) is 0 Å². The highest BCUT2D eigenvalue weighted by Crippen LogP contribution is 2.24. The number of carbonyl (C=O) groups excluding carboxylic acids is 1. The number of rotatable bonds is 2. The topological polar surface area (TPSA) is 49.3 Å². The maximum Gasteiger partial charge on any atom is 0.257 e. The number of hydrogen-bond acceptors (Lipinski definition) is 4. The minimum absolute atomic E-state index is 0.103. The number of aromatic nitrogens is 2. The predicted octanol–water partition coefficient (Wildman–Crippen LogP) is 2.09. The summed E-state index contributed by atoms with van der Waals surface area (Å²) >= 11 is 11.7. The summed E-state index contributed by atoms with van der Waals surface area (Å²) in [6.07, 6.45) is 3.55. The molecule has 1 aromatic rings. The van der Waals surface area contributed by atoms with Gasteiger partial charge in [-0.3, -0.25) is 9.69 Å². The smallest absolute Gasteiger partial charge is 0.257 e. The molecule has 0 spiro atoms. The van der Waals surface area contributed by atoms with Crippen LogP contribution in [0.3, 0.4) is 0 Å². The van der Waals surface area contributed by atoms with Gasteiger partial charge in [0.1, 0.15) is 0 Å². The summed E-state index contributed by atoms with van der Waals surface area (Å²) in [5.41, 5.74) is 0.341. The van der Waals surface area contributed by atoms with Crippen LogP contribution in [0.5, 0.6) is 0 Å². The molecule has 2 aliphatic heterocycles. The van der Waals surface area contributed by atoms with Crippen molar-refractivity contribution in [3.05, 3.63) is 21.9 Å². The van der Waals surface area contributed by atoms with Crippen LogP contribution in [0.15, 0.2) is 6.07 Å². The molecule has 3 heterocycles. The Balaban J connectivity index is 1.70. The Morgan fingerprint density at radius 1 is 1.20 bits per heavy atom. The van der Waals surface area contributed by atoms with E-state index in [0.29, 0.717) is 11.6 Å². The largest absolute Gasteiger partial charge is 0.337 e. The first-order chi connectivity index (χ1) is 9.65. The van der Waals surface area contributed by atoms with E-state index in [9.17, 15) is 4.79 Å². The highest BCUT2D eigenvalue weighted by molar-refractivity contribution is 6.34. The van der Waals surface area contributed by atoms with Crippen LogP contribution in [0.4, 0.5) is 0 Å². The number of hydrogen-bond donors (Lipinski definition) is 0. The maximum absolute atomic E-state index is 12.5. The van der Waals surface area contributed by atoms with Gasteiger partial charge in [0.25, 0.3) is 5.91 Å². The van der Waals surface area contributed by atoms with E-state index in [-0.39, 0.29) is 16.2 Å². The van der Waals surface area contributed by atoms with Gasteiger partial charge in [0, 0.05) is 19.1 Å². The Labute approximate surface area is 127 Å². The summed E-state index contributed by atoms with van der Waals surface area (Å²) in [6.45, 7) is 3.82. The van der Waals surface area contributed by atoms with Gasteiger partial charge in [-0.05, 0) is 38.4 Å². The van der Waals surface area contributed by atoms with Gasteiger partial charge in [-0.1, -0.05) is 23.2 Å². The Hall–Kier alpha value is -0.910. The standard InChI is InChI=1S/C13H16Cl2N4O/c14-11-7-10(12(15)17-16-11)13(20)19-6-3-9(8-19)18-4-1-2-5-18/h7,9H,1-6,8H2. The summed E-state index contributed by atoms with van der Waals surface area (Å²) < 4.78 is 0. The fraction of sp³-hybridized carbons (Fsp3) is 0.615. The van der Waals surface area contributed by atoms with Crippen molar-refractivity contribution < 1.29 is 4.79 Å². The molecule has 0 bridgehead atoms. The van der Waals surface area contributed by atoms with Crippen LogP contribution >= 0.6 is 23.2 Å². The third kappa shape index (κ3) is 2.75. The molecule has 0 radical (unpaired) electrons. The van der Waals surface area contributed by atoms with Crippen LogP contribution in [0.1, 0.15) is 29.6 Å². The number of nitrogens with zero attached hydrogens (tertiary/aromatic N) is 4. The van der Waals surface area contributed by atoms with E-state index in [2.05, 4.69) is 15.1 Å². The highest BCUT2D eigenvalue weighted by Gasteiger charge is 2.32. The fourth-order valence-corrected chi connectivity index (χ4v) is 3.32. The SMILES string of the molecule is O=C(c1cc(Cl)nnc1Cl)N1CCC(N2CCCC2)C1. The fourth-order valence-electron chi connectivity index (χ4n) is 3.00. The molecule has 7 heteroatoms. The van der Waals surface area contributed by atoms with E-state index in [1.54, 1.807) is 0 Å². The van der Waals surface area contributed by atoms with Gasteiger partial charge in [0.05, 0.1) is 5.56 Å². The van der Waals surface area contributed by atoms with Crippen molar-refractivity contribution in [1.82, 2.24) is 20.0 Å². The van der Waals surface area contributed by atoms with Crippen molar-refractivity contribution >= 4 is 29.1 Å². The van der Waals surface area contributed by atoms with Gasteiger partial charge in [0.15, 0.2) is 10.3 Å². The quantitative estimate of drug-likeness (QED) is 0.838. The molecule has 3 rings (SSSR count). The minimum atomic E-state index is -0.103. The lowest BCUT2D eigenvalue weighted by Crippen LogP contribution is -2.37. The van der Waals surface area contributed by atoms with Crippen LogP contribution in [-0.2, 0) is 0 Å². The summed E-state index contributed by atoms with van der Waals surface area (Å²) in [6, 6.07) is 1.97. The second kappa shape index (κ2) is 5.84. The molecule has 0 N–H and O–H groups in total. The van der Waals surface area contributed by atoms with Crippen molar-refractivity contribution in [2.24, 2.45) is 0 Å². The normalized spacial score (nSPS) is 23.5. The van der Waals surface area contributed by atoms with Crippen LogP contribution in [0, 0.1) is 0 Å². The number of amides is 1. The van der Waals surface area contributed by atoms with Crippen LogP contribution in [0.25, 0.3) is 0 Å². The van der Waals surface area contributed by atoms with Crippen LogP contribution in [0.2, 0.25) is 10.3 Å². The summed E-state index contributed by atoms with van der Waals surface area (Å²) in [4.78, 5) is 16.8. The monoisotopic (exact) mass is 314 g/mol. The predicted molar refractivity (Wildman–Crippen MR) is 77.2 cm³/mol. The number of halogens is 2. The molecule has 2 aliphatic rings. The Kier molecular flexibility index (Phi) is 4.10. The summed E-state index contributed by atoms with van der Waals surface area (Å²) in [5.74, 6) is -0.103. The van der Waals surface area contributed by atoms with Crippen LogP contribution in [-0.4, -0.2) is 58.1 Å². The van der Waals surface area contributed by atoms with Gasteiger partial charge in [0.2, 0.25) is 0 Å². The minimum Gasteiger partial charge on any atom is -0.337 e. The lowest BCUT2D eigenvalue weighted by Gasteiger charge is -2.23. The first-order valence-corrected chi connectivity index (χ1v) is 7.63. The molecule has 0 aromatic carbocycles. The Bertz CT molecular complexity index is 519. The Morgan fingerprint density at radius 3 is 2.70 bits per heavy atom. The molecule has 1 aromatic heterocycles. The zero-order valence-corrected chi connectivity index (χ0v) is 12.6. The molecule has 2 saturated heterocycles. The Morgan fingerprint density at radius 2 is 1.95 bits per heavy atom. The highest BCUT2D eigenvalue weighted by atomic mass is 35.5. The molecule has 1 atom stereocenters. The zero-order chi connectivity index (χ0) is 14.1. The lowest BCUT2D eigenvalue weighted by molar-refractivity contribution is 0.0779. The first-order valence-electron chi connectivity index (χ1n) is 6.87. The van der Waals surface area contributed by atoms with E-state index >= 15 is 0 Å².